The molecular formula is C11H16N6OS. The second-order valence-electron chi connectivity index (χ2n) is 4.24. The average molecular weight is 280 g/mol. The summed E-state index contributed by atoms with van der Waals surface area (Å²) in [6.45, 7) is 4.03. The van der Waals surface area contributed by atoms with Crippen LogP contribution in [0.15, 0.2) is 12.4 Å². The minimum atomic E-state index is -0.278. The van der Waals surface area contributed by atoms with Crippen LogP contribution in [-0.2, 0) is 0 Å². The van der Waals surface area contributed by atoms with Gasteiger partial charge in [-0.05, 0) is 13.8 Å². The van der Waals surface area contributed by atoms with E-state index in [1.54, 1.807) is 24.1 Å². The summed E-state index contributed by atoms with van der Waals surface area (Å²) in [5, 5.41) is 10.4. The zero-order chi connectivity index (χ0) is 14.0. The molecule has 0 aromatic carbocycles. The van der Waals surface area contributed by atoms with E-state index in [1.165, 1.54) is 11.3 Å². The Balaban J connectivity index is 2.13. The molecule has 1 amide bonds. The number of amides is 1. The van der Waals surface area contributed by atoms with Gasteiger partial charge in [0.05, 0.1) is 11.9 Å². The third kappa shape index (κ3) is 2.84. The van der Waals surface area contributed by atoms with Crippen molar-refractivity contribution < 1.29 is 4.79 Å². The first kappa shape index (κ1) is 13.3. The van der Waals surface area contributed by atoms with Crippen molar-refractivity contribution in [1.82, 2.24) is 14.8 Å². The fraction of sp³-hybridized carbons (Fsp3) is 0.364. The summed E-state index contributed by atoms with van der Waals surface area (Å²) >= 11 is 1.21. The zero-order valence-electron chi connectivity index (χ0n) is 11.0. The van der Waals surface area contributed by atoms with Gasteiger partial charge >= 0.3 is 0 Å². The standard InChI is InChI=1S/C11H16N6OS/c1-6(2)17-5-7(4-14-17)15-10(18)8-9(12)16-11(13-3)19-8/h4-6H,12H2,1-3H3,(H,13,16)(H,15,18). The van der Waals surface area contributed by atoms with E-state index in [4.69, 9.17) is 5.73 Å². The van der Waals surface area contributed by atoms with E-state index in [0.717, 1.165) is 0 Å². The van der Waals surface area contributed by atoms with E-state index in [1.807, 2.05) is 13.8 Å². The molecule has 2 aromatic rings. The van der Waals surface area contributed by atoms with E-state index < -0.39 is 0 Å². The Kier molecular flexibility index (Phi) is 3.70. The Bertz CT molecular complexity index is 588. The van der Waals surface area contributed by atoms with Gasteiger partial charge < -0.3 is 16.4 Å². The molecule has 0 fully saturated rings. The molecule has 102 valence electrons. The van der Waals surface area contributed by atoms with Crippen LogP contribution in [0.4, 0.5) is 16.6 Å². The van der Waals surface area contributed by atoms with Crippen LogP contribution in [0.1, 0.15) is 29.6 Å². The van der Waals surface area contributed by atoms with Crippen molar-refractivity contribution in [2.75, 3.05) is 23.4 Å². The molecule has 0 spiro atoms. The van der Waals surface area contributed by atoms with Gasteiger partial charge in [0, 0.05) is 19.3 Å². The molecule has 4 N–H and O–H groups in total. The van der Waals surface area contributed by atoms with Gasteiger partial charge in [-0.2, -0.15) is 5.10 Å². The second kappa shape index (κ2) is 5.27. The van der Waals surface area contributed by atoms with Gasteiger partial charge in [0.1, 0.15) is 10.7 Å². The van der Waals surface area contributed by atoms with Gasteiger partial charge in [-0.15, -0.1) is 0 Å². The molecule has 0 saturated heterocycles. The molecule has 0 bridgehead atoms. The van der Waals surface area contributed by atoms with Gasteiger partial charge in [-0.3, -0.25) is 9.48 Å². The van der Waals surface area contributed by atoms with Crippen molar-refractivity contribution in [3.8, 4) is 0 Å². The molecule has 0 radical (unpaired) electrons. The molecule has 2 rings (SSSR count). The van der Waals surface area contributed by atoms with Gasteiger partial charge in [0.2, 0.25) is 0 Å². The first-order valence-electron chi connectivity index (χ1n) is 5.80. The average Bonchev–Trinajstić information content (AvgIpc) is 2.95. The number of hydrogen-bond acceptors (Lipinski definition) is 6. The maximum atomic E-state index is 12.1. The highest BCUT2D eigenvalue weighted by Gasteiger charge is 2.16. The van der Waals surface area contributed by atoms with E-state index >= 15 is 0 Å². The number of aromatic nitrogens is 3. The number of thiazole rings is 1. The molecule has 19 heavy (non-hydrogen) atoms. The molecule has 0 aliphatic carbocycles. The third-order valence-electron chi connectivity index (χ3n) is 2.46. The molecule has 0 saturated carbocycles. The number of carbonyl (C=O) groups excluding carboxylic acids is 1. The predicted octanol–water partition coefficient (Wildman–Crippen LogP) is 1.80. The Labute approximate surface area is 114 Å². The van der Waals surface area contributed by atoms with Crippen LogP contribution in [0.2, 0.25) is 0 Å². The van der Waals surface area contributed by atoms with Crippen LogP contribution in [0.25, 0.3) is 0 Å². The zero-order valence-corrected chi connectivity index (χ0v) is 11.8. The number of nitrogens with two attached hydrogens (primary N) is 1. The van der Waals surface area contributed by atoms with Crippen molar-refractivity contribution >= 4 is 33.9 Å². The van der Waals surface area contributed by atoms with Crippen LogP contribution in [0, 0.1) is 0 Å². The Hall–Kier alpha value is -2.09. The van der Waals surface area contributed by atoms with E-state index in [0.29, 0.717) is 15.7 Å². The first-order chi connectivity index (χ1) is 9.01. The summed E-state index contributed by atoms with van der Waals surface area (Å²) in [5.41, 5.74) is 6.34. The van der Waals surface area contributed by atoms with Gasteiger partial charge in [0.25, 0.3) is 5.91 Å². The topological polar surface area (TPSA) is 97.9 Å². The van der Waals surface area contributed by atoms with Crippen molar-refractivity contribution in [3.05, 3.63) is 17.3 Å². The summed E-state index contributed by atoms with van der Waals surface area (Å²) in [7, 11) is 1.73. The SMILES string of the molecule is CNc1nc(N)c(C(=O)Nc2cnn(C(C)C)c2)s1. The largest absolute Gasteiger partial charge is 0.382 e. The highest BCUT2D eigenvalue weighted by Crippen LogP contribution is 2.25. The van der Waals surface area contributed by atoms with Crippen molar-refractivity contribution in [2.24, 2.45) is 0 Å². The van der Waals surface area contributed by atoms with Crippen molar-refractivity contribution in [2.45, 2.75) is 19.9 Å². The summed E-state index contributed by atoms with van der Waals surface area (Å²) < 4.78 is 1.77. The van der Waals surface area contributed by atoms with E-state index in [-0.39, 0.29) is 17.8 Å². The summed E-state index contributed by atoms with van der Waals surface area (Å²) in [6, 6.07) is 0.245. The maximum absolute atomic E-state index is 12.1. The number of anilines is 3. The molecule has 0 atom stereocenters. The minimum absolute atomic E-state index is 0.225. The van der Waals surface area contributed by atoms with Crippen molar-refractivity contribution in [3.63, 3.8) is 0 Å². The highest BCUT2D eigenvalue weighted by molar-refractivity contribution is 7.18. The molecule has 0 aliphatic rings. The summed E-state index contributed by atoms with van der Waals surface area (Å²) in [4.78, 5) is 16.5. The molecule has 0 unspecified atom stereocenters. The number of rotatable bonds is 4. The Morgan fingerprint density at radius 2 is 2.26 bits per heavy atom. The number of nitrogen functional groups attached to an aromatic ring is 1. The third-order valence-corrected chi connectivity index (χ3v) is 3.55. The lowest BCUT2D eigenvalue weighted by Crippen LogP contribution is -2.11. The summed E-state index contributed by atoms with van der Waals surface area (Å²) in [6.07, 6.45) is 3.38. The fourth-order valence-corrected chi connectivity index (χ4v) is 2.21. The van der Waals surface area contributed by atoms with E-state index in [9.17, 15) is 4.79 Å². The second-order valence-corrected chi connectivity index (χ2v) is 5.24. The lowest BCUT2D eigenvalue weighted by atomic mass is 10.4. The van der Waals surface area contributed by atoms with Crippen LogP contribution in [-0.4, -0.2) is 27.7 Å². The normalized spacial score (nSPS) is 10.7. The predicted molar refractivity (Wildman–Crippen MR) is 76.6 cm³/mol. The molecule has 2 aromatic heterocycles. The molecule has 8 heteroatoms. The highest BCUT2D eigenvalue weighted by atomic mass is 32.1. The fourth-order valence-electron chi connectivity index (χ4n) is 1.47. The number of nitrogens with zero attached hydrogens (tertiary/aromatic N) is 3. The van der Waals surface area contributed by atoms with Crippen molar-refractivity contribution in [1.29, 1.82) is 0 Å². The lowest BCUT2D eigenvalue weighted by molar-refractivity contribution is 0.103. The molecular weight excluding hydrogens is 264 g/mol. The number of hydrogen-bond donors (Lipinski definition) is 3. The minimum Gasteiger partial charge on any atom is -0.382 e. The number of nitrogens with one attached hydrogen (secondary N) is 2. The van der Waals surface area contributed by atoms with Gasteiger partial charge in [0.15, 0.2) is 5.13 Å². The molecule has 2 heterocycles. The Morgan fingerprint density at radius 3 is 2.79 bits per heavy atom. The van der Waals surface area contributed by atoms with Crippen LogP contribution >= 0.6 is 11.3 Å². The van der Waals surface area contributed by atoms with E-state index in [2.05, 4.69) is 20.7 Å². The summed E-state index contributed by atoms with van der Waals surface area (Å²) in [5.74, 6) is -0.0529. The Morgan fingerprint density at radius 1 is 1.53 bits per heavy atom. The maximum Gasteiger partial charge on any atom is 0.269 e. The smallest absolute Gasteiger partial charge is 0.269 e. The van der Waals surface area contributed by atoms with Crippen LogP contribution < -0.4 is 16.4 Å². The quantitative estimate of drug-likeness (QED) is 0.793. The van der Waals surface area contributed by atoms with Crippen LogP contribution in [0.3, 0.4) is 0 Å². The van der Waals surface area contributed by atoms with Crippen LogP contribution in [0.5, 0.6) is 0 Å². The van der Waals surface area contributed by atoms with Gasteiger partial charge in [-0.1, -0.05) is 11.3 Å². The number of carbonyl (C=O) groups is 1. The molecule has 0 aliphatic heterocycles. The first-order valence-corrected chi connectivity index (χ1v) is 6.62. The monoisotopic (exact) mass is 280 g/mol. The molecule has 7 nitrogen and oxygen atoms in total. The lowest BCUT2D eigenvalue weighted by Gasteiger charge is -2.03. The van der Waals surface area contributed by atoms with Gasteiger partial charge in [-0.25, -0.2) is 4.98 Å².